The Hall–Kier alpha value is -3.35. The number of halogens is 3. The molecular formula is C23H28F3N5O5. The molecule has 196 valence electrons. The second-order valence-electron chi connectivity index (χ2n) is 9.50. The topological polar surface area (TPSA) is 118 Å². The fourth-order valence-electron chi connectivity index (χ4n) is 4.19. The Kier molecular flexibility index (Phi) is 7.12. The summed E-state index contributed by atoms with van der Waals surface area (Å²) in [6, 6.07) is -1.18. The van der Waals surface area contributed by atoms with Crippen LogP contribution >= 0.6 is 0 Å². The highest BCUT2D eigenvalue weighted by molar-refractivity contribution is 5.97. The van der Waals surface area contributed by atoms with Crippen molar-refractivity contribution in [1.29, 1.82) is 0 Å². The number of nitrogens with zero attached hydrogens (tertiary/aromatic N) is 4. The van der Waals surface area contributed by atoms with E-state index in [1.807, 2.05) is 13.8 Å². The normalized spacial score (nSPS) is 18.9. The third-order valence-electron chi connectivity index (χ3n) is 5.98. The standard InChI is InChI=1S/C23H28F3N5O5/c1-13(2)11-30-20-14(3-6-17(32)29-7-8-36-12-16(29)9-23(24,25)26)10-27-31(20)22(35)18(21(30)34)19(33)28-15-4-5-15/h3,6,10,13,15-16,34H,4-5,7-9,11-12H2,1-2H3,(H,28,33). The van der Waals surface area contributed by atoms with Crippen molar-refractivity contribution in [2.24, 2.45) is 5.92 Å². The zero-order valence-corrected chi connectivity index (χ0v) is 19.9. The minimum Gasteiger partial charge on any atom is -0.494 e. The van der Waals surface area contributed by atoms with Gasteiger partial charge in [-0.1, -0.05) is 13.8 Å². The molecule has 4 rings (SSSR count). The highest BCUT2D eigenvalue weighted by atomic mass is 19.4. The van der Waals surface area contributed by atoms with Gasteiger partial charge in [0.25, 0.3) is 11.5 Å². The van der Waals surface area contributed by atoms with Gasteiger partial charge in [0.1, 0.15) is 5.65 Å². The zero-order valence-electron chi connectivity index (χ0n) is 19.9. The Balaban J connectivity index is 1.69. The van der Waals surface area contributed by atoms with Gasteiger partial charge in [-0.05, 0) is 24.8 Å². The molecule has 0 bridgehead atoms. The first-order chi connectivity index (χ1) is 17.0. The third-order valence-corrected chi connectivity index (χ3v) is 5.98. The highest BCUT2D eigenvalue weighted by Gasteiger charge is 2.37. The number of hydrogen-bond acceptors (Lipinski definition) is 6. The molecule has 2 aliphatic rings. The van der Waals surface area contributed by atoms with Gasteiger partial charge in [-0.25, -0.2) is 0 Å². The summed E-state index contributed by atoms with van der Waals surface area (Å²) in [5.74, 6) is -1.84. The number of ether oxygens (including phenoxy) is 1. The fourth-order valence-corrected chi connectivity index (χ4v) is 4.19. The molecule has 36 heavy (non-hydrogen) atoms. The summed E-state index contributed by atoms with van der Waals surface area (Å²) in [6.45, 7) is 3.91. The van der Waals surface area contributed by atoms with E-state index in [9.17, 15) is 32.7 Å². The van der Waals surface area contributed by atoms with Crippen LogP contribution < -0.4 is 10.9 Å². The van der Waals surface area contributed by atoms with Crippen LogP contribution in [0.1, 0.15) is 49.0 Å². The Bertz CT molecular complexity index is 1250. The summed E-state index contributed by atoms with van der Waals surface area (Å²) in [5, 5.41) is 17.7. The van der Waals surface area contributed by atoms with Gasteiger partial charge in [-0.2, -0.15) is 22.8 Å². The average Bonchev–Trinajstić information content (AvgIpc) is 3.49. The van der Waals surface area contributed by atoms with Crippen molar-refractivity contribution < 1.29 is 32.6 Å². The van der Waals surface area contributed by atoms with E-state index in [1.54, 1.807) is 0 Å². The van der Waals surface area contributed by atoms with E-state index >= 15 is 0 Å². The van der Waals surface area contributed by atoms with Crippen LogP contribution in [0.15, 0.2) is 17.1 Å². The Labute approximate surface area is 204 Å². The van der Waals surface area contributed by atoms with Crippen molar-refractivity contribution in [3.05, 3.63) is 33.8 Å². The van der Waals surface area contributed by atoms with Gasteiger partial charge in [-0.15, -0.1) is 0 Å². The number of hydrogen-bond donors (Lipinski definition) is 2. The van der Waals surface area contributed by atoms with Gasteiger partial charge in [-0.3, -0.25) is 19.0 Å². The maximum absolute atomic E-state index is 13.1. The van der Waals surface area contributed by atoms with E-state index in [0.717, 1.165) is 28.3 Å². The first-order valence-corrected chi connectivity index (χ1v) is 11.7. The van der Waals surface area contributed by atoms with E-state index in [0.29, 0.717) is 0 Å². The van der Waals surface area contributed by atoms with E-state index in [2.05, 4.69) is 10.4 Å². The van der Waals surface area contributed by atoms with Gasteiger partial charge in [0.15, 0.2) is 5.56 Å². The lowest BCUT2D eigenvalue weighted by molar-refractivity contribution is -0.164. The number of carbonyl (C=O) groups is 2. The maximum atomic E-state index is 13.1. The molecule has 0 spiro atoms. The first-order valence-electron chi connectivity index (χ1n) is 11.7. The van der Waals surface area contributed by atoms with Crippen molar-refractivity contribution in [2.45, 2.75) is 57.9 Å². The Morgan fingerprint density at radius 3 is 2.69 bits per heavy atom. The summed E-state index contributed by atoms with van der Waals surface area (Å²) in [5.41, 5.74) is -0.795. The van der Waals surface area contributed by atoms with Crippen LogP contribution in [0.3, 0.4) is 0 Å². The number of rotatable bonds is 7. The predicted molar refractivity (Wildman–Crippen MR) is 122 cm³/mol. The molecule has 0 aromatic carbocycles. The molecule has 3 heterocycles. The minimum atomic E-state index is -4.45. The monoisotopic (exact) mass is 511 g/mol. The van der Waals surface area contributed by atoms with Crippen molar-refractivity contribution in [2.75, 3.05) is 19.8 Å². The van der Waals surface area contributed by atoms with Gasteiger partial charge in [0, 0.05) is 30.8 Å². The van der Waals surface area contributed by atoms with Gasteiger partial charge < -0.3 is 20.1 Å². The van der Waals surface area contributed by atoms with Crippen molar-refractivity contribution in [1.82, 2.24) is 24.4 Å². The molecule has 1 unspecified atom stereocenters. The molecule has 10 nitrogen and oxygen atoms in total. The Morgan fingerprint density at radius 2 is 2.06 bits per heavy atom. The number of fused-ring (bicyclic) bond motifs is 1. The maximum Gasteiger partial charge on any atom is 0.391 e. The molecule has 1 aliphatic carbocycles. The highest BCUT2D eigenvalue weighted by Crippen LogP contribution is 2.27. The molecular weight excluding hydrogens is 483 g/mol. The number of amides is 2. The third kappa shape index (κ3) is 5.55. The molecule has 1 saturated carbocycles. The van der Waals surface area contributed by atoms with Crippen LogP contribution in [0.2, 0.25) is 0 Å². The van der Waals surface area contributed by atoms with Gasteiger partial charge in [0.05, 0.1) is 31.9 Å². The average molecular weight is 512 g/mol. The summed E-state index contributed by atoms with van der Waals surface area (Å²) in [6.07, 6.45) is -0.295. The summed E-state index contributed by atoms with van der Waals surface area (Å²) >= 11 is 0. The van der Waals surface area contributed by atoms with Gasteiger partial charge in [0.2, 0.25) is 11.8 Å². The number of alkyl halides is 3. The lowest BCUT2D eigenvalue weighted by Crippen LogP contribution is -2.49. The second-order valence-corrected chi connectivity index (χ2v) is 9.50. The number of morpholine rings is 1. The second kappa shape index (κ2) is 9.96. The Morgan fingerprint density at radius 1 is 1.33 bits per heavy atom. The van der Waals surface area contributed by atoms with E-state index < -0.39 is 47.5 Å². The molecule has 1 saturated heterocycles. The van der Waals surface area contributed by atoms with Crippen LogP contribution in [0.5, 0.6) is 5.88 Å². The first kappa shape index (κ1) is 25.7. The lowest BCUT2D eigenvalue weighted by atomic mass is 10.1. The van der Waals surface area contributed by atoms with Gasteiger partial charge >= 0.3 is 6.18 Å². The molecule has 1 aliphatic heterocycles. The van der Waals surface area contributed by atoms with Crippen LogP contribution in [-0.4, -0.2) is 74.0 Å². The number of aromatic nitrogens is 3. The number of carbonyl (C=O) groups excluding carboxylic acids is 2. The van der Waals surface area contributed by atoms with Crippen LogP contribution in [0.4, 0.5) is 13.2 Å². The van der Waals surface area contributed by atoms with E-state index in [1.165, 1.54) is 16.8 Å². The van der Waals surface area contributed by atoms with Crippen molar-refractivity contribution in [3.63, 3.8) is 0 Å². The number of nitrogens with one attached hydrogen (secondary N) is 1. The van der Waals surface area contributed by atoms with Crippen LogP contribution in [0.25, 0.3) is 11.7 Å². The van der Waals surface area contributed by atoms with Crippen molar-refractivity contribution in [3.8, 4) is 5.88 Å². The lowest BCUT2D eigenvalue weighted by Gasteiger charge is -2.35. The molecule has 2 aromatic heterocycles. The largest absolute Gasteiger partial charge is 0.494 e. The summed E-state index contributed by atoms with van der Waals surface area (Å²) in [4.78, 5) is 39.6. The molecule has 2 aromatic rings. The molecule has 13 heteroatoms. The summed E-state index contributed by atoms with van der Waals surface area (Å²) in [7, 11) is 0. The van der Waals surface area contributed by atoms with Crippen molar-refractivity contribution >= 4 is 23.5 Å². The zero-order chi connectivity index (χ0) is 26.2. The quantitative estimate of drug-likeness (QED) is 0.549. The SMILES string of the molecule is CC(C)Cn1c(O)c(C(=O)NC2CC2)c(=O)n2ncc(C=CC(=O)N3CCOCC3CC(F)(F)F)c12. The molecule has 0 radical (unpaired) electrons. The van der Waals surface area contributed by atoms with E-state index in [-0.39, 0.29) is 49.5 Å². The molecule has 2 amide bonds. The molecule has 2 N–H and O–H groups in total. The minimum absolute atomic E-state index is 0.00591. The van der Waals surface area contributed by atoms with Crippen LogP contribution in [0, 0.1) is 5.92 Å². The fraction of sp³-hybridized carbons (Fsp3) is 0.565. The van der Waals surface area contributed by atoms with Crippen LogP contribution in [-0.2, 0) is 16.1 Å². The smallest absolute Gasteiger partial charge is 0.391 e. The van der Waals surface area contributed by atoms with E-state index in [4.69, 9.17) is 4.74 Å². The molecule has 1 atom stereocenters. The number of aromatic hydroxyl groups is 1. The molecule has 2 fully saturated rings. The predicted octanol–water partition coefficient (Wildman–Crippen LogP) is 1.94. The summed E-state index contributed by atoms with van der Waals surface area (Å²) < 4.78 is 46.3.